The van der Waals surface area contributed by atoms with Crippen LogP contribution in [0.3, 0.4) is 0 Å². The summed E-state index contributed by atoms with van der Waals surface area (Å²) in [6.07, 6.45) is 0. The van der Waals surface area contributed by atoms with E-state index in [1.54, 1.807) is 42.5 Å². The molecule has 0 radical (unpaired) electrons. The summed E-state index contributed by atoms with van der Waals surface area (Å²) < 4.78 is 5.08. The second-order valence-electron chi connectivity index (χ2n) is 3.74. The van der Waals surface area contributed by atoms with Crippen LogP contribution in [0, 0.1) is 0 Å². The molecular weight excluding hydrogens is 371 g/mol. The molecule has 6 heteroatoms. The second-order valence-corrected chi connectivity index (χ2v) is 4.56. The van der Waals surface area contributed by atoms with E-state index in [1.807, 2.05) is 0 Å². The number of carbonyl (C=O) groups is 1. The molecule has 2 aromatic rings. The van der Waals surface area contributed by atoms with Gasteiger partial charge in [0.05, 0.1) is 0 Å². The Kier molecular flexibility index (Phi) is 7.73. The van der Waals surface area contributed by atoms with Gasteiger partial charge < -0.3 is 10.1 Å². The Morgan fingerprint density at radius 1 is 1.05 bits per heavy atom. The van der Waals surface area contributed by atoms with Gasteiger partial charge in [-0.15, -0.1) is 0 Å². The van der Waals surface area contributed by atoms with Gasteiger partial charge in [0, 0.05) is 17.0 Å². The molecule has 0 atom stereocenters. The summed E-state index contributed by atoms with van der Waals surface area (Å²) in [6, 6.07) is 12.0. The molecule has 0 saturated heterocycles. The van der Waals surface area contributed by atoms with Gasteiger partial charge in [-0.1, -0.05) is 58.8 Å². The van der Waals surface area contributed by atoms with Crippen LogP contribution in [0.5, 0.6) is 5.75 Å². The average molecular weight is 381 g/mol. The van der Waals surface area contributed by atoms with Crippen molar-refractivity contribution in [3.63, 3.8) is 0 Å². The van der Waals surface area contributed by atoms with Crippen LogP contribution in [0.1, 0.15) is 6.92 Å². The Morgan fingerprint density at radius 3 is 2.25 bits per heavy atom. The fourth-order valence-electron chi connectivity index (χ4n) is 1.51. The van der Waals surface area contributed by atoms with Gasteiger partial charge in [0.1, 0.15) is 5.75 Å². The summed E-state index contributed by atoms with van der Waals surface area (Å²) in [4.78, 5) is 11.0. The van der Waals surface area contributed by atoms with E-state index in [1.165, 1.54) is 6.92 Å². The molecule has 98 valence electrons. The standard InChI is InChI=1S/C14H10Cl2NO2.Rb/c1-9(18)19-13-8-3-2-7-12(13)17-14-10(15)5-4-6-11(14)16;/h2-8H,1H3;/q-1;+1. The molecule has 20 heavy (non-hydrogen) atoms. The number of para-hydroxylation sites is 3. The van der Waals surface area contributed by atoms with Gasteiger partial charge in [-0.2, -0.15) is 0 Å². The van der Waals surface area contributed by atoms with E-state index in [0.717, 1.165) is 0 Å². The maximum atomic E-state index is 11.0. The Morgan fingerprint density at radius 2 is 1.65 bits per heavy atom. The van der Waals surface area contributed by atoms with Crippen LogP contribution in [-0.4, -0.2) is 5.97 Å². The van der Waals surface area contributed by atoms with Crippen molar-refractivity contribution in [2.24, 2.45) is 0 Å². The number of rotatable bonds is 3. The van der Waals surface area contributed by atoms with Crippen molar-refractivity contribution < 1.29 is 67.7 Å². The summed E-state index contributed by atoms with van der Waals surface area (Å²) in [6.45, 7) is 1.33. The average Bonchev–Trinajstić information content (AvgIpc) is 2.35. The van der Waals surface area contributed by atoms with Crippen molar-refractivity contribution in [1.82, 2.24) is 0 Å². The Hall–Kier alpha value is 0.0952. The molecular formula is C14H10Cl2NO2Rb. The first kappa shape index (κ1) is 18.1. The fourth-order valence-corrected chi connectivity index (χ4v) is 1.99. The number of carbonyl (C=O) groups excluding carboxylic acids is 1. The number of benzene rings is 2. The van der Waals surface area contributed by atoms with Gasteiger partial charge in [0.25, 0.3) is 0 Å². The van der Waals surface area contributed by atoms with Gasteiger partial charge >= 0.3 is 64.2 Å². The van der Waals surface area contributed by atoms with Gasteiger partial charge in [-0.25, -0.2) is 0 Å². The van der Waals surface area contributed by atoms with E-state index in [-0.39, 0.29) is 58.2 Å². The molecule has 0 N–H and O–H groups in total. The summed E-state index contributed by atoms with van der Waals surface area (Å²) in [5.41, 5.74) is 0.943. The molecule has 0 aliphatic heterocycles. The first-order valence-corrected chi connectivity index (χ1v) is 6.26. The van der Waals surface area contributed by atoms with Gasteiger partial charge in [-0.05, 0) is 18.2 Å². The number of hydrogen-bond acceptors (Lipinski definition) is 2. The zero-order chi connectivity index (χ0) is 13.8. The van der Waals surface area contributed by atoms with E-state index < -0.39 is 5.97 Å². The zero-order valence-corrected chi connectivity index (χ0v) is 17.5. The molecule has 0 heterocycles. The molecule has 3 nitrogen and oxygen atoms in total. The van der Waals surface area contributed by atoms with Gasteiger partial charge in [0.2, 0.25) is 0 Å². The van der Waals surface area contributed by atoms with E-state index in [2.05, 4.69) is 5.32 Å². The Labute approximate surface area is 176 Å². The Bertz CT molecular complexity index is 600. The molecule has 0 saturated carbocycles. The zero-order valence-electron chi connectivity index (χ0n) is 11.1. The van der Waals surface area contributed by atoms with Crippen LogP contribution >= 0.6 is 23.2 Å². The molecule has 0 amide bonds. The quantitative estimate of drug-likeness (QED) is 0.605. The summed E-state index contributed by atoms with van der Waals surface area (Å²) in [7, 11) is 0. The maximum absolute atomic E-state index is 11.0. The largest absolute Gasteiger partial charge is 1.00 e. The molecule has 2 rings (SSSR count). The van der Waals surface area contributed by atoms with Crippen molar-refractivity contribution in [2.45, 2.75) is 6.92 Å². The molecule has 0 aromatic heterocycles. The third-order valence-electron chi connectivity index (χ3n) is 2.29. The Balaban J connectivity index is 0.00000200. The molecule has 0 aliphatic carbocycles. The summed E-state index contributed by atoms with van der Waals surface area (Å²) in [5.74, 6) is -0.0427. The van der Waals surface area contributed by atoms with Crippen LogP contribution < -0.4 is 62.9 Å². The van der Waals surface area contributed by atoms with E-state index in [0.29, 0.717) is 27.2 Å². The van der Waals surface area contributed by atoms with Crippen molar-refractivity contribution in [1.29, 1.82) is 0 Å². The molecule has 0 unspecified atom stereocenters. The minimum atomic E-state index is -0.409. The molecule has 2 aromatic carbocycles. The predicted molar refractivity (Wildman–Crippen MR) is 76.9 cm³/mol. The molecule has 0 bridgehead atoms. The van der Waals surface area contributed by atoms with Crippen LogP contribution in [-0.2, 0) is 4.79 Å². The van der Waals surface area contributed by atoms with Crippen molar-refractivity contribution in [2.75, 3.05) is 0 Å². The third-order valence-corrected chi connectivity index (χ3v) is 2.90. The third kappa shape index (κ3) is 4.83. The van der Waals surface area contributed by atoms with Crippen molar-refractivity contribution in [3.05, 3.63) is 57.8 Å². The predicted octanol–water partition coefficient (Wildman–Crippen LogP) is 2.26. The SMILES string of the molecule is CC(=O)Oc1ccccc1[N-]c1c(Cl)cccc1Cl.[Rb+]. The van der Waals surface area contributed by atoms with E-state index in [4.69, 9.17) is 27.9 Å². The van der Waals surface area contributed by atoms with Crippen LogP contribution in [0.25, 0.3) is 5.32 Å². The molecule has 0 spiro atoms. The summed E-state index contributed by atoms with van der Waals surface area (Å²) >= 11 is 12.1. The minimum Gasteiger partial charge on any atom is -0.652 e. The number of halogens is 2. The number of ether oxygens (including phenoxy) is 1. The topological polar surface area (TPSA) is 40.4 Å². The molecule has 0 aliphatic rings. The normalized spacial score (nSPS) is 9.55. The van der Waals surface area contributed by atoms with Gasteiger partial charge in [0.15, 0.2) is 0 Å². The van der Waals surface area contributed by atoms with Crippen molar-refractivity contribution in [3.8, 4) is 5.75 Å². The maximum Gasteiger partial charge on any atom is 1.00 e. The molecule has 0 fully saturated rings. The number of esters is 1. The van der Waals surface area contributed by atoms with Crippen molar-refractivity contribution >= 4 is 40.5 Å². The van der Waals surface area contributed by atoms with Crippen LogP contribution in [0.2, 0.25) is 10.0 Å². The van der Waals surface area contributed by atoms with E-state index >= 15 is 0 Å². The van der Waals surface area contributed by atoms with E-state index in [9.17, 15) is 4.79 Å². The number of hydrogen-bond donors (Lipinski definition) is 0. The fraction of sp³-hybridized carbons (Fsp3) is 0.0714. The monoisotopic (exact) mass is 379 g/mol. The van der Waals surface area contributed by atoms with Gasteiger partial charge in [-0.3, -0.25) is 4.79 Å². The smallest absolute Gasteiger partial charge is 0.652 e. The second kappa shape index (κ2) is 8.52. The minimum absolute atomic E-state index is 0. The van der Waals surface area contributed by atoms with Crippen LogP contribution in [0.15, 0.2) is 42.5 Å². The van der Waals surface area contributed by atoms with Crippen LogP contribution in [0.4, 0.5) is 11.4 Å². The first-order chi connectivity index (χ1) is 9.08. The number of nitrogens with zero attached hydrogens (tertiary/aromatic N) is 1. The first-order valence-electron chi connectivity index (χ1n) is 5.51. The summed E-state index contributed by atoms with van der Waals surface area (Å²) in [5, 5.41) is 5.22.